The Labute approximate surface area is 197 Å². The molecule has 1 N–H and O–H groups in total. The van der Waals surface area contributed by atoms with Crippen molar-refractivity contribution in [3.8, 4) is 10.8 Å². The summed E-state index contributed by atoms with van der Waals surface area (Å²) in [6.07, 6.45) is 7.01. The van der Waals surface area contributed by atoms with Crippen LogP contribution in [0, 0.1) is 0 Å². The number of carbonyl (C=O) groups is 1. The lowest BCUT2D eigenvalue weighted by atomic mass is 10.0. The number of amides is 1. The largest absolute Gasteiger partial charge is 0.496 e. The second kappa shape index (κ2) is 9.73. The molecule has 32 heavy (non-hydrogen) atoms. The number of hydrogen-bond donors (Lipinski definition) is 1. The number of likely N-dealkylation sites (tertiary alicyclic amines) is 1. The van der Waals surface area contributed by atoms with Crippen LogP contribution >= 0.6 is 23.1 Å². The third-order valence-electron chi connectivity index (χ3n) is 6.38. The lowest BCUT2D eigenvalue weighted by Gasteiger charge is -2.32. The number of fused-ring (bicyclic) bond motifs is 1. The summed E-state index contributed by atoms with van der Waals surface area (Å²) in [5.41, 5.74) is 3.39. The first-order valence-corrected chi connectivity index (χ1v) is 13.2. The minimum atomic E-state index is 0.0984. The third kappa shape index (κ3) is 4.47. The number of benzene rings is 1. The highest BCUT2D eigenvalue weighted by atomic mass is 32.2. The highest BCUT2D eigenvalue weighted by Gasteiger charge is 2.29. The fourth-order valence-corrected chi connectivity index (χ4v) is 7.12. The molecule has 1 fully saturated rings. The number of nitrogens with zero attached hydrogens (tertiary/aromatic N) is 2. The monoisotopic (exact) mass is 467 g/mol. The van der Waals surface area contributed by atoms with Gasteiger partial charge in [-0.15, -0.1) is 11.3 Å². The molecule has 0 spiro atoms. The first-order valence-electron chi connectivity index (χ1n) is 11.2. The van der Waals surface area contributed by atoms with Gasteiger partial charge in [0.05, 0.1) is 12.7 Å². The van der Waals surface area contributed by atoms with E-state index in [0.29, 0.717) is 0 Å². The Kier molecular flexibility index (Phi) is 6.57. The standard InChI is InChI=1S/C25H29N3O2S2/c1-30-21-7-3-2-6-18(21)16-27-13-8-19(9-14-27)26-24(29)23-20-10-15-31-17-22(20)32-25(23)28-11-4-5-12-28/h2-7,11-12,19H,8-10,13-17H2,1H3,(H,26,29). The molecule has 2 aliphatic heterocycles. The Morgan fingerprint density at radius 1 is 1.16 bits per heavy atom. The van der Waals surface area contributed by atoms with Crippen molar-refractivity contribution in [2.75, 3.05) is 26.0 Å². The van der Waals surface area contributed by atoms with Gasteiger partial charge in [0.1, 0.15) is 10.8 Å². The number of piperidine rings is 1. The zero-order valence-corrected chi connectivity index (χ0v) is 20.0. The lowest BCUT2D eigenvalue weighted by Crippen LogP contribution is -2.44. The van der Waals surface area contributed by atoms with Gasteiger partial charge in [0.2, 0.25) is 0 Å². The van der Waals surface area contributed by atoms with Crippen LogP contribution in [0.1, 0.15) is 39.2 Å². The molecule has 2 aliphatic rings. The predicted molar refractivity (Wildman–Crippen MR) is 132 cm³/mol. The molecule has 1 amide bonds. The summed E-state index contributed by atoms with van der Waals surface area (Å²) in [4.78, 5) is 17.3. The van der Waals surface area contributed by atoms with Gasteiger partial charge in [0.25, 0.3) is 5.91 Å². The van der Waals surface area contributed by atoms with E-state index in [1.54, 1.807) is 18.4 Å². The lowest BCUT2D eigenvalue weighted by molar-refractivity contribution is 0.0908. The smallest absolute Gasteiger partial charge is 0.254 e. The van der Waals surface area contributed by atoms with Gasteiger partial charge in [0.15, 0.2) is 0 Å². The van der Waals surface area contributed by atoms with Crippen molar-refractivity contribution in [2.24, 2.45) is 0 Å². The van der Waals surface area contributed by atoms with Gasteiger partial charge in [0, 0.05) is 54.3 Å². The number of rotatable bonds is 6. The normalized spacial score (nSPS) is 17.2. The van der Waals surface area contributed by atoms with Crippen LogP contribution in [-0.4, -0.2) is 47.4 Å². The van der Waals surface area contributed by atoms with Gasteiger partial charge >= 0.3 is 0 Å². The molecular weight excluding hydrogens is 438 g/mol. The van der Waals surface area contributed by atoms with Crippen molar-refractivity contribution in [3.63, 3.8) is 0 Å². The maximum absolute atomic E-state index is 13.5. The molecule has 0 unspecified atom stereocenters. The molecule has 168 valence electrons. The predicted octanol–water partition coefficient (Wildman–Crippen LogP) is 4.73. The molecule has 1 saturated heterocycles. The van der Waals surface area contributed by atoms with E-state index in [1.165, 1.54) is 16.0 Å². The first kappa shape index (κ1) is 21.6. The van der Waals surface area contributed by atoms with Crippen LogP contribution in [0.2, 0.25) is 0 Å². The first-order chi connectivity index (χ1) is 15.7. The summed E-state index contributed by atoms with van der Waals surface area (Å²) < 4.78 is 7.60. The Hall–Kier alpha value is -2.22. The molecule has 0 atom stereocenters. The Balaban J connectivity index is 1.25. The summed E-state index contributed by atoms with van der Waals surface area (Å²) in [5.74, 6) is 3.15. The van der Waals surface area contributed by atoms with Gasteiger partial charge in [-0.2, -0.15) is 11.8 Å². The Morgan fingerprint density at radius 3 is 2.72 bits per heavy atom. The van der Waals surface area contributed by atoms with Crippen LogP contribution in [0.25, 0.3) is 5.00 Å². The molecule has 5 nitrogen and oxygen atoms in total. The zero-order valence-electron chi connectivity index (χ0n) is 18.4. The molecular formula is C25H29N3O2S2. The van der Waals surface area contributed by atoms with Gasteiger partial charge in [-0.05, 0) is 48.8 Å². The van der Waals surface area contributed by atoms with Crippen molar-refractivity contribution in [1.29, 1.82) is 0 Å². The Morgan fingerprint density at radius 2 is 1.94 bits per heavy atom. The number of aromatic nitrogens is 1. The number of nitrogens with one attached hydrogen (secondary N) is 1. The maximum atomic E-state index is 13.5. The molecule has 2 aromatic heterocycles. The van der Waals surface area contributed by atoms with E-state index in [0.717, 1.165) is 66.7 Å². The molecule has 4 heterocycles. The minimum Gasteiger partial charge on any atom is -0.496 e. The van der Waals surface area contributed by atoms with Gasteiger partial charge in [-0.1, -0.05) is 18.2 Å². The van der Waals surface area contributed by atoms with E-state index in [2.05, 4.69) is 26.9 Å². The number of carbonyl (C=O) groups excluding carboxylic acids is 1. The average molecular weight is 468 g/mol. The topological polar surface area (TPSA) is 46.5 Å². The van der Waals surface area contributed by atoms with Crippen molar-refractivity contribution in [1.82, 2.24) is 14.8 Å². The maximum Gasteiger partial charge on any atom is 0.254 e. The van der Waals surface area contributed by atoms with E-state index < -0.39 is 0 Å². The number of para-hydroxylation sites is 1. The van der Waals surface area contributed by atoms with Crippen LogP contribution in [0.15, 0.2) is 48.8 Å². The van der Waals surface area contributed by atoms with E-state index in [9.17, 15) is 4.79 Å². The summed E-state index contributed by atoms with van der Waals surface area (Å²) >= 11 is 3.74. The van der Waals surface area contributed by atoms with E-state index in [1.807, 2.05) is 48.4 Å². The number of thiophene rings is 1. The van der Waals surface area contributed by atoms with E-state index >= 15 is 0 Å². The quantitative estimate of drug-likeness (QED) is 0.569. The van der Waals surface area contributed by atoms with Crippen LogP contribution in [-0.2, 0) is 18.7 Å². The number of methoxy groups -OCH3 is 1. The minimum absolute atomic E-state index is 0.0984. The average Bonchev–Trinajstić information content (AvgIpc) is 3.48. The van der Waals surface area contributed by atoms with Crippen LogP contribution < -0.4 is 10.1 Å². The second-order valence-electron chi connectivity index (χ2n) is 8.41. The summed E-state index contributed by atoms with van der Waals surface area (Å²) in [5, 5.41) is 4.44. The third-order valence-corrected chi connectivity index (χ3v) is 8.79. The zero-order chi connectivity index (χ0) is 21.9. The van der Waals surface area contributed by atoms with Crippen molar-refractivity contribution in [2.45, 2.75) is 37.6 Å². The molecule has 0 saturated carbocycles. The van der Waals surface area contributed by atoms with E-state index in [-0.39, 0.29) is 11.9 Å². The number of ether oxygens (including phenoxy) is 1. The SMILES string of the molecule is COc1ccccc1CN1CCC(NC(=O)c2c(-n3cccc3)sc3c2CCSC3)CC1. The van der Waals surface area contributed by atoms with Crippen molar-refractivity contribution < 1.29 is 9.53 Å². The molecule has 7 heteroatoms. The molecule has 0 bridgehead atoms. The van der Waals surface area contributed by atoms with Crippen LogP contribution in [0.3, 0.4) is 0 Å². The van der Waals surface area contributed by atoms with Gasteiger partial charge in [-0.3, -0.25) is 9.69 Å². The highest BCUT2D eigenvalue weighted by Crippen LogP contribution is 2.38. The number of thioether (sulfide) groups is 1. The van der Waals surface area contributed by atoms with Crippen LogP contribution in [0.4, 0.5) is 0 Å². The summed E-state index contributed by atoms with van der Waals surface area (Å²) in [7, 11) is 1.73. The molecule has 0 aliphatic carbocycles. The van der Waals surface area contributed by atoms with E-state index in [4.69, 9.17) is 4.74 Å². The van der Waals surface area contributed by atoms with Crippen molar-refractivity contribution >= 4 is 29.0 Å². The fraction of sp³-hybridized carbons (Fsp3) is 0.400. The fourth-order valence-electron chi connectivity index (χ4n) is 4.67. The van der Waals surface area contributed by atoms with Gasteiger partial charge < -0.3 is 14.6 Å². The number of hydrogen-bond acceptors (Lipinski definition) is 5. The molecule has 0 radical (unpaired) electrons. The highest BCUT2D eigenvalue weighted by molar-refractivity contribution is 7.98. The molecule has 1 aromatic carbocycles. The molecule has 3 aromatic rings. The van der Waals surface area contributed by atoms with Crippen LogP contribution in [0.5, 0.6) is 5.75 Å². The summed E-state index contributed by atoms with van der Waals surface area (Å²) in [6, 6.07) is 12.5. The van der Waals surface area contributed by atoms with Gasteiger partial charge in [-0.25, -0.2) is 0 Å². The van der Waals surface area contributed by atoms with Crippen molar-refractivity contribution in [3.05, 3.63) is 70.4 Å². The summed E-state index contributed by atoms with van der Waals surface area (Å²) in [6.45, 7) is 2.84. The Bertz CT molecular complexity index is 1070. The molecule has 5 rings (SSSR count). The second-order valence-corrected chi connectivity index (χ2v) is 10.6.